The number of hydrogen-bond donors (Lipinski definition) is 0. The molecule has 0 amide bonds. The van der Waals surface area contributed by atoms with Crippen molar-refractivity contribution in [2.75, 3.05) is 0 Å². The van der Waals surface area contributed by atoms with Crippen molar-refractivity contribution in [3.8, 4) is 5.88 Å². The van der Waals surface area contributed by atoms with Crippen LogP contribution in [0.2, 0.25) is 0 Å². The van der Waals surface area contributed by atoms with Crippen LogP contribution in [-0.2, 0) is 0 Å². The summed E-state index contributed by atoms with van der Waals surface area (Å²) in [4.78, 5) is 16.1. The number of esters is 1. The van der Waals surface area contributed by atoms with E-state index in [1.807, 2.05) is 24.4 Å². The van der Waals surface area contributed by atoms with E-state index in [9.17, 15) is 4.79 Å². The minimum Gasteiger partial charge on any atom is -0.403 e. The van der Waals surface area contributed by atoms with Gasteiger partial charge >= 0.3 is 5.97 Å². The zero-order chi connectivity index (χ0) is 10.7. The Morgan fingerprint density at radius 1 is 1.40 bits per heavy atom. The Morgan fingerprint density at radius 3 is 2.87 bits per heavy atom. The second kappa shape index (κ2) is 4.23. The smallest absolute Gasteiger partial charge is 0.355 e. The van der Waals surface area contributed by atoms with Crippen LogP contribution >= 0.6 is 11.3 Å². The van der Waals surface area contributed by atoms with E-state index in [2.05, 4.69) is 4.98 Å². The van der Waals surface area contributed by atoms with Crippen LogP contribution in [0.1, 0.15) is 15.2 Å². The minimum absolute atomic E-state index is 0.332. The molecule has 2 aromatic rings. The second-order valence-electron chi connectivity index (χ2n) is 3.04. The standard InChI is InChI=1S/C11H9NO2S/c1-8-4-5-10(12-7-8)14-11(13)9-3-2-6-15-9/h2-7H,1H3. The number of aryl methyl sites for hydroxylation is 1. The van der Waals surface area contributed by atoms with Crippen LogP contribution in [0.3, 0.4) is 0 Å². The van der Waals surface area contributed by atoms with Crippen molar-refractivity contribution >= 4 is 17.3 Å². The van der Waals surface area contributed by atoms with E-state index < -0.39 is 0 Å². The monoisotopic (exact) mass is 219 g/mol. The predicted molar refractivity (Wildman–Crippen MR) is 58.3 cm³/mol. The maximum atomic E-state index is 11.5. The Labute approximate surface area is 91.4 Å². The highest BCUT2D eigenvalue weighted by Gasteiger charge is 2.09. The number of hydrogen-bond acceptors (Lipinski definition) is 4. The van der Waals surface area contributed by atoms with E-state index in [4.69, 9.17) is 4.74 Å². The molecule has 0 spiro atoms. The number of pyridine rings is 1. The van der Waals surface area contributed by atoms with Crippen molar-refractivity contribution in [1.29, 1.82) is 0 Å². The van der Waals surface area contributed by atoms with E-state index in [0.29, 0.717) is 10.8 Å². The minimum atomic E-state index is -0.360. The molecule has 0 aliphatic heterocycles. The molecule has 0 saturated heterocycles. The largest absolute Gasteiger partial charge is 0.403 e. The summed E-state index contributed by atoms with van der Waals surface area (Å²) in [5.41, 5.74) is 1.03. The number of thiophene rings is 1. The molecular formula is C11H9NO2S. The van der Waals surface area contributed by atoms with Crippen LogP contribution in [0.5, 0.6) is 5.88 Å². The van der Waals surface area contributed by atoms with Crippen molar-refractivity contribution in [2.45, 2.75) is 6.92 Å². The van der Waals surface area contributed by atoms with Crippen LogP contribution in [0, 0.1) is 6.92 Å². The fourth-order valence-electron chi connectivity index (χ4n) is 1.05. The van der Waals surface area contributed by atoms with Gasteiger partial charge in [0.2, 0.25) is 5.88 Å². The molecule has 2 rings (SSSR count). The normalized spacial score (nSPS) is 9.93. The maximum absolute atomic E-state index is 11.5. The number of nitrogens with zero attached hydrogens (tertiary/aromatic N) is 1. The molecule has 2 heterocycles. The molecule has 0 unspecified atom stereocenters. The Hall–Kier alpha value is -1.68. The molecule has 0 aliphatic rings. The molecule has 0 aromatic carbocycles. The van der Waals surface area contributed by atoms with Gasteiger partial charge < -0.3 is 4.74 Å². The molecule has 0 bridgehead atoms. The average Bonchev–Trinajstić information content (AvgIpc) is 2.74. The molecule has 0 saturated carbocycles. The van der Waals surface area contributed by atoms with Gasteiger partial charge in [-0.15, -0.1) is 11.3 Å². The van der Waals surface area contributed by atoms with E-state index >= 15 is 0 Å². The Morgan fingerprint density at radius 2 is 2.27 bits per heavy atom. The summed E-state index contributed by atoms with van der Waals surface area (Å²) in [5.74, 6) is -0.0275. The highest BCUT2D eigenvalue weighted by atomic mass is 32.1. The topological polar surface area (TPSA) is 39.2 Å². The van der Waals surface area contributed by atoms with E-state index in [-0.39, 0.29) is 5.97 Å². The van der Waals surface area contributed by atoms with Gasteiger partial charge in [-0.1, -0.05) is 12.1 Å². The lowest BCUT2D eigenvalue weighted by Gasteiger charge is -2.00. The number of carbonyl (C=O) groups excluding carboxylic acids is 1. The third kappa shape index (κ3) is 2.41. The third-order valence-electron chi connectivity index (χ3n) is 1.80. The molecule has 0 fully saturated rings. The molecule has 0 aliphatic carbocycles. The van der Waals surface area contributed by atoms with Gasteiger partial charge in [-0.05, 0) is 23.9 Å². The van der Waals surface area contributed by atoms with Crippen LogP contribution in [0.25, 0.3) is 0 Å². The van der Waals surface area contributed by atoms with Crippen LogP contribution in [0.15, 0.2) is 35.8 Å². The fourth-order valence-corrected chi connectivity index (χ4v) is 1.65. The summed E-state index contributed by atoms with van der Waals surface area (Å²) in [5, 5.41) is 1.83. The van der Waals surface area contributed by atoms with Gasteiger partial charge in [0.1, 0.15) is 4.88 Å². The van der Waals surface area contributed by atoms with Gasteiger partial charge in [0, 0.05) is 12.3 Å². The van der Waals surface area contributed by atoms with E-state index in [1.165, 1.54) is 11.3 Å². The van der Waals surface area contributed by atoms with Crippen LogP contribution < -0.4 is 4.74 Å². The highest BCUT2D eigenvalue weighted by molar-refractivity contribution is 7.12. The number of rotatable bonds is 2. The molecule has 3 nitrogen and oxygen atoms in total. The fraction of sp³-hybridized carbons (Fsp3) is 0.0909. The zero-order valence-corrected chi connectivity index (χ0v) is 8.95. The molecule has 0 N–H and O–H groups in total. The van der Waals surface area contributed by atoms with Crippen molar-refractivity contribution in [3.05, 3.63) is 46.3 Å². The molecule has 15 heavy (non-hydrogen) atoms. The summed E-state index contributed by atoms with van der Waals surface area (Å²) < 4.78 is 5.07. The highest BCUT2D eigenvalue weighted by Crippen LogP contribution is 2.13. The van der Waals surface area contributed by atoms with Gasteiger partial charge in [-0.25, -0.2) is 9.78 Å². The quantitative estimate of drug-likeness (QED) is 0.729. The molecule has 76 valence electrons. The van der Waals surface area contributed by atoms with Crippen molar-refractivity contribution < 1.29 is 9.53 Å². The number of aromatic nitrogens is 1. The lowest BCUT2D eigenvalue weighted by molar-refractivity contribution is 0.0732. The third-order valence-corrected chi connectivity index (χ3v) is 2.65. The summed E-state index contributed by atoms with van der Waals surface area (Å²) in [6.07, 6.45) is 1.66. The summed E-state index contributed by atoms with van der Waals surface area (Å²) in [6.45, 7) is 1.93. The Balaban J connectivity index is 2.09. The predicted octanol–water partition coefficient (Wildman–Crippen LogP) is 2.67. The van der Waals surface area contributed by atoms with Crippen LogP contribution in [-0.4, -0.2) is 11.0 Å². The second-order valence-corrected chi connectivity index (χ2v) is 3.99. The summed E-state index contributed by atoms with van der Waals surface area (Å²) in [6, 6.07) is 7.07. The first-order valence-electron chi connectivity index (χ1n) is 4.44. The summed E-state index contributed by atoms with van der Waals surface area (Å²) >= 11 is 1.35. The van der Waals surface area contributed by atoms with E-state index in [1.54, 1.807) is 18.3 Å². The van der Waals surface area contributed by atoms with Gasteiger partial charge in [-0.3, -0.25) is 0 Å². The maximum Gasteiger partial charge on any atom is 0.355 e. The van der Waals surface area contributed by atoms with Gasteiger partial charge in [0.05, 0.1) is 0 Å². The van der Waals surface area contributed by atoms with Crippen molar-refractivity contribution in [2.24, 2.45) is 0 Å². The van der Waals surface area contributed by atoms with E-state index in [0.717, 1.165) is 5.56 Å². The molecule has 4 heteroatoms. The summed E-state index contributed by atoms with van der Waals surface area (Å²) in [7, 11) is 0. The van der Waals surface area contributed by atoms with Crippen molar-refractivity contribution in [1.82, 2.24) is 4.98 Å². The first-order valence-corrected chi connectivity index (χ1v) is 5.32. The number of ether oxygens (including phenoxy) is 1. The lowest BCUT2D eigenvalue weighted by Crippen LogP contribution is -2.07. The lowest BCUT2D eigenvalue weighted by atomic mass is 10.3. The molecule has 2 aromatic heterocycles. The Bertz CT molecular complexity index is 448. The Kier molecular flexibility index (Phi) is 2.78. The average molecular weight is 219 g/mol. The van der Waals surface area contributed by atoms with Crippen molar-refractivity contribution in [3.63, 3.8) is 0 Å². The van der Waals surface area contributed by atoms with Gasteiger partial charge in [0.25, 0.3) is 0 Å². The molecule has 0 atom stereocenters. The van der Waals surface area contributed by atoms with Gasteiger partial charge in [0.15, 0.2) is 0 Å². The zero-order valence-electron chi connectivity index (χ0n) is 8.14. The molecular weight excluding hydrogens is 210 g/mol. The SMILES string of the molecule is Cc1ccc(OC(=O)c2cccs2)nc1. The number of carbonyl (C=O) groups is 1. The molecule has 0 radical (unpaired) electrons. The van der Waals surface area contributed by atoms with Crippen LogP contribution in [0.4, 0.5) is 0 Å². The van der Waals surface area contributed by atoms with Gasteiger partial charge in [-0.2, -0.15) is 0 Å². The first-order chi connectivity index (χ1) is 7.25. The first kappa shape index (κ1) is 9.86.